The molecule has 1 N–H and O–H groups in total. The van der Waals surface area contributed by atoms with Crippen molar-refractivity contribution in [1.82, 2.24) is 0 Å². The molecule has 2 nitrogen and oxygen atoms in total. The lowest BCUT2D eigenvalue weighted by Crippen LogP contribution is -2.11. The second-order valence-corrected chi connectivity index (χ2v) is 6.26. The number of nitrogens with one attached hydrogen (secondary N) is 1. The molecule has 98 valence electrons. The van der Waals surface area contributed by atoms with Crippen LogP contribution >= 0.6 is 46.0 Å². The monoisotopic (exact) mass is 403 g/mol. The largest absolute Gasteiger partial charge is 0.322 e. The summed E-state index contributed by atoms with van der Waals surface area (Å²) in [6, 6.07) is 13.0. The molecule has 0 saturated carbocycles. The number of hydrogen-bond acceptors (Lipinski definition) is 2. The Kier molecular flexibility index (Phi) is 5.13. The predicted octanol–water partition coefficient (Wildman–Crippen LogP) is 4.92. The number of thioether (sulfide) groups is 1. The van der Waals surface area contributed by atoms with E-state index in [-0.39, 0.29) is 5.91 Å². The summed E-state index contributed by atoms with van der Waals surface area (Å²) in [5, 5.41) is 3.44. The number of amides is 1. The fourth-order valence-electron chi connectivity index (χ4n) is 1.51. The molecule has 0 aromatic heterocycles. The van der Waals surface area contributed by atoms with E-state index in [1.807, 2.05) is 36.6 Å². The average molecular weight is 404 g/mol. The molecule has 0 aliphatic carbocycles. The van der Waals surface area contributed by atoms with Crippen LogP contribution in [0, 0.1) is 3.57 Å². The Morgan fingerprint density at radius 2 is 1.89 bits per heavy atom. The third-order valence-corrected chi connectivity index (χ3v) is 4.85. The summed E-state index contributed by atoms with van der Waals surface area (Å²) in [6.07, 6.45) is 2.02. The third-order valence-electron chi connectivity index (χ3n) is 2.53. The topological polar surface area (TPSA) is 29.1 Å². The molecule has 0 saturated heterocycles. The number of carbonyl (C=O) groups is 1. The van der Waals surface area contributed by atoms with Gasteiger partial charge in [0, 0.05) is 19.7 Å². The highest BCUT2D eigenvalue weighted by Crippen LogP contribution is 2.21. The van der Waals surface area contributed by atoms with E-state index in [9.17, 15) is 4.79 Å². The first-order chi connectivity index (χ1) is 9.10. The number of carbonyl (C=O) groups excluding carboxylic acids is 1. The standard InChI is InChI=1S/C14H11ClINOS/c1-19-11-5-3-10(4-6-11)17-14(18)9-2-7-13(16)12(15)8-9/h2-8H,1H3,(H,17,18). The fourth-order valence-corrected chi connectivity index (χ4v) is 2.44. The molecule has 2 aromatic carbocycles. The lowest BCUT2D eigenvalue weighted by molar-refractivity contribution is 0.102. The minimum absolute atomic E-state index is 0.157. The van der Waals surface area contributed by atoms with Gasteiger partial charge in [-0.2, -0.15) is 0 Å². The van der Waals surface area contributed by atoms with Crippen molar-refractivity contribution in [2.75, 3.05) is 11.6 Å². The van der Waals surface area contributed by atoms with Gasteiger partial charge in [-0.15, -0.1) is 11.8 Å². The summed E-state index contributed by atoms with van der Waals surface area (Å²) < 4.78 is 0.931. The van der Waals surface area contributed by atoms with E-state index in [1.165, 1.54) is 0 Å². The lowest BCUT2D eigenvalue weighted by atomic mass is 10.2. The van der Waals surface area contributed by atoms with Crippen molar-refractivity contribution in [3.63, 3.8) is 0 Å². The van der Waals surface area contributed by atoms with E-state index in [0.29, 0.717) is 10.6 Å². The zero-order valence-corrected chi connectivity index (χ0v) is 13.8. The molecule has 0 aliphatic rings. The summed E-state index contributed by atoms with van der Waals surface area (Å²) in [5.41, 5.74) is 1.33. The van der Waals surface area contributed by atoms with Gasteiger partial charge in [0.15, 0.2) is 0 Å². The van der Waals surface area contributed by atoms with Crippen LogP contribution in [0.4, 0.5) is 5.69 Å². The van der Waals surface area contributed by atoms with Crippen LogP contribution in [-0.4, -0.2) is 12.2 Å². The Hall–Kier alpha value is -0.720. The first-order valence-corrected chi connectivity index (χ1v) is 8.19. The molecule has 2 aromatic rings. The predicted molar refractivity (Wildman–Crippen MR) is 90.3 cm³/mol. The number of halogens is 2. The van der Waals surface area contributed by atoms with Crippen molar-refractivity contribution < 1.29 is 4.79 Å². The summed E-state index contributed by atoms with van der Waals surface area (Å²) in [6.45, 7) is 0. The molecule has 0 spiro atoms. The van der Waals surface area contributed by atoms with Crippen LogP contribution in [0.25, 0.3) is 0 Å². The van der Waals surface area contributed by atoms with Crippen LogP contribution in [0.1, 0.15) is 10.4 Å². The Bertz CT molecular complexity index is 601. The molecule has 0 bridgehead atoms. The minimum atomic E-state index is -0.157. The third kappa shape index (κ3) is 3.87. The Morgan fingerprint density at radius 1 is 1.21 bits per heavy atom. The highest BCUT2D eigenvalue weighted by molar-refractivity contribution is 14.1. The second-order valence-electron chi connectivity index (χ2n) is 3.81. The van der Waals surface area contributed by atoms with E-state index in [0.717, 1.165) is 14.2 Å². The summed E-state index contributed by atoms with van der Waals surface area (Å²) in [5.74, 6) is -0.157. The normalized spacial score (nSPS) is 10.3. The molecule has 5 heteroatoms. The van der Waals surface area contributed by atoms with E-state index in [4.69, 9.17) is 11.6 Å². The van der Waals surface area contributed by atoms with Gasteiger partial charge in [0.05, 0.1) is 5.02 Å². The molecule has 0 radical (unpaired) electrons. The van der Waals surface area contributed by atoms with Gasteiger partial charge >= 0.3 is 0 Å². The molecular formula is C14H11ClINOS. The fraction of sp³-hybridized carbons (Fsp3) is 0.0714. The molecular weight excluding hydrogens is 393 g/mol. The second kappa shape index (κ2) is 6.63. The number of rotatable bonds is 3. The molecule has 0 atom stereocenters. The maximum Gasteiger partial charge on any atom is 0.255 e. The van der Waals surface area contributed by atoms with Gasteiger partial charge in [0.1, 0.15) is 0 Å². The highest BCUT2D eigenvalue weighted by atomic mass is 127. The van der Waals surface area contributed by atoms with Gasteiger partial charge in [0.2, 0.25) is 0 Å². The van der Waals surface area contributed by atoms with Crippen molar-refractivity contribution >= 4 is 57.5 Å². The number of benzene rings is 2. The van der Waals surface area contributed by atoms with E-state index in [1.54, 1.807) is 23.9 Å². The van der Waals surface area contributed by atoms with Gasteiger partial charge in [-0.05, 0) is 71.3 Å². The Labute approximate surface area is 135 Å². The quantitative estimate of drug-likeness (QED) is 0.582. The van der Waals surface area contributed by atoms with Crippen molar-refractivity contribution in [2.24, 2.45) is 0 Å². The van der Waals surface area contributed by atoms with Crippen molar-refractivity contribution in [3.05, 3.63) is 56.6 Å². The first kappa shape index (κ1) is 14.7. The molecule has 19 heavy (non-hydrogen) atoms. The summed E-state index contributed by atoms with van der Waals surface area (Å²) in [7, 11) is 0. The van der Waals surface area contributed by atoms with E-state index < -0.39 is 0 Å². The molecule has 0 heterocycles. The average Bonchev–Trinajstić information content (AvgIpc) is 2.42. The maximum absolute atomic E-state index is 12.1. The lowest BCUT2D eigenvalue weighted by Gasteiger charge is -2.06. The van der Waals surface area contributed by atoms with Crippen LogP contribution in [0.5, 0.6) is 0 Å². The number of hydrogen-bond donors (Lipinski definition) is 1. The van der Waals surface area contributed by atoms with Gasteiger partial charge in [-0.25, -0.2) is 0 Å². The first-order valence-electron chi connectivity index (χ1n) is 5.50. The van der Waals surface area contributed by atoms with E-state index >= 15 is 0 Å². The van der Waals surface area contributed by atoms with E-state index in [2.05, 4.69) is 27.9 Å². The van der Waals surface area contributed by atoms with Crippen molar-refractivity contribution in [2.45, 2.75) is 4.90 Å². The van der Waals surface area contributed by atoms with Gasteiger partial charge in [0.25, 0.3) is 5.91 Å². The highest BCUT2D eigenvalue weighted by Gasteiger charge is 2.08. The van der Waals surface area contributed by atoms with Crippen LogP contribution in [0.2, 0.25) is 5.02 Å². The van der Waals surface area contributed by atoms with Crippen LogP contribution in [0.15, 0.2) is 47.4 Å². The molecule has 0 aliphatic heterocycles. The molecule has 1 amide bonds. The molecule has 0 fully saturated rings. The van der Waals surface area contributed by atoms with Gasteiger partial charge < -0.3 is 5.32 Å². The Balaban J connectivity index is 2.13. The van der Waals surface area contributed by atoms with Crippen LogP contribution < -0.4 is 5.32 Å². The van der Waals surface area contributed by atoms with Gasteiger partial charge in [-0.3, -0.25) is 4.79 Å². The zero-order chi connectivity index (χ0) is 13.8. The molecule has 2 rings (SSSR count). The SMILES string of the molecule is CSc1ccc(NC(=O)c2ccc(I)c(Cl)c2)cc1. The summed E-state index contributed by atoms with van der Waals surface area (Å²) >= 11 is 9.81. The molecule has 0 unspecified atom stereocenters. The van der Waals surface area contributed by atoms with Crippen LogP contribution in [0.3, 0.4) is 0 Å². The minimum Gasteiger partial charge on any atom is -0.322 e. The number of anilines is 1. The van der Waals surface area contributed by atoms with Crippen molar-refractivity contribution in [3.8, 4) is 0 Å². The van der Waals surface area contributed by atoms with Gasteiger partial charge in [-0.1, -0.05) is 11.6 Å². The maximum atomic E-state index is 12.1. The Morgan fingerprint density at radius 3 is 2.47 bits per heavy atom. The van der Waals surface area contributed by atoms with Crippen molar-refractivity contribution in [1.29, 1.82) is 0 Å². The van der Waals surface area contributed by atoms with Crippen LogP contribution in [-0.2, 0) is 0 Å². The zero-order valence-electron chi connectivity index (χ0n) is 10.1. The smallest absolute Gasteiger partial charge is 0.255 e. The summed E-state index contributed by atoms with van der Waals surface area (Å²) in [4.78, 5) is 13.2.